The zero-order valence-electron chi connectivity index (χ0n) is 19.0. The number of methoxy groups -OCH3 is 2. The Bertz CT molecular complexity index is 1240. The van der Waals surface area contributed by atoms with Crippen molar-refractivity contribution < 1.29 is 19.0 Å². The van der Waals surface area contributed by atoms with Crippen molar-refractivity contribution in [2.24, 2.45) is 0 Å². The third-order valence-electron chi connectivity index (χ3n) is 5.21. The van der Waals surface area contributed by atoms with Crippen LogP contribution in [0.25, 0.3) is 32.3 Å². The first-order chi connectivity index (χ1) is 16.0. The third kappa shape index (κ3) is 4.91. The quantitative estimate of drug-likeness (QED) is 0.290. The van der Waals surface area contributed by atoms with Gasteiger partial charge in [-0.15, -0.1) is 11.3 Å². The summed E-state index contributed by atoms with van der Waals surface area (Å²) in [7, 11) is 3.27. The number of benzene rings is 3. The lowest BCUT2D eigenvalue weighted by Gasteiger charge is -2.06. The molecule has 0 aliphatic carbocycles. The maximum atomic E-state index is 12.1. The van der Waals surface area contributed by atoms with E-state index in [1.807, 2.05) is 30.3 Å². The molecule has 0 saturated heterocycles. The molecule has 0 unspecified atom stereocenters. The van der Waals surface area contributed by atoms with Gasteiger partial charge in [0.1, 0.15) is 16.5 Å². The Hall–Kier alpha value is -3.64. The van der Waals surface area contributed by atoms with E-state index in [-0.39, 0.29) is 5.97 Å². The predicted molar refractivity (Wildman–Crippen MR) is 132 cm³/mol. The van der Waals surface area contributed by atoms with Crippen LogP contribution < -0.4 is 9.47 Å². The Morgan fingerprint density at radius 2 is 1.45 bits per heavy atom. The molecule has 0 amide bonds. The van der Waals surface area contributed by atoms with E-state index < -0.39 is 0 Å². The van der Waals surface area contributed by atoms with Crippen LogP contribution in [0.4, 0.5) is 0 Å². The number of thiazole rings is 1. The molecule has 0 fully saturated rings. The highest BCUT2D eigenvalue weighted by molar-refractivity contribution is 7.19. The Morgan fingerprint density at radius 3 is 2.03 bits per heavy atom. The van der Waals surface area contributed by atoms with Crippen molar-refractivity contribution in [1.29, 1.82) is 0 Å². The number of carbonyl (C=O) groups is 1. The SMILES string of the molecule is CCOC(=O)c1ccc(-c2nc(-c3cc(OC)cc(OC)c3)sc2-c2ccc(C)cc2)cc1. The molecule has 5 nitrogen and oxygen atoms in total. The van der Waals surface area contributed by atoms with Gasteiger partial charge in [-0.25, -0.2) is 9.78 Å². The van der Waals surface area contributed by atoms with E-state index in [9.17, 15) is 4.79 Å². The van der Waals surface area contributed by atoms with E-state index in [0.29, 0.717) is 23.7 Å². The molecular weight excluding hydrogens is 434 g/mol. The topological polar surface area (TPSA) is 57.7 Å². The van der Waals surface area contributed by atoms with E-state index in [0.717, 1.165) is 32.3 Å². The molecule has 0 N–H and O–H groups in total. The van der Waals surface area contributed by atoms with Crippen molar-refractivity contribution in [3.05, 3.63) is 77.9 Å². The number of nitrogens with zero attached hydrogens (tertiary/aromatic N) is 1. The van der Waals surface area contributed by atoms with Crippen molar-refractivity contribution in [3.8, 4) is 43.8 Å². The summed E-state index contributed by atoms with van der Waals surface area (Å²) in [5.41, 5.74) is 5.50. The molecule has 3 aromatic carbocycles. The number of aromatic nitrogens is 1. The number of hydrogen-bond donors (Lipinski definition) is 0. The molecule has 4 aromatic rings. The third-order valence-corrected chi connectivity index (χ3v) is 6.36. The second-order valence-corrected chi connectivity index (χ2v) is 8.46. The van der Waals surface area contributed by atoms with Crippen LogP contribution in [0.3, 0.4) is 0 Å². The minimum Gasteiger partial charge on any atom is -0.497 e. The molecule has 33 heavy (non-hydrogen) atoms. The Kier molecular flexibility index (Phi) is 6.75. The van der Waals surface area contributed by atoms with Gasteiger partial charge in [-0.05, 0) is 43.7 Å². The summed E-state index contributed by atoms with van der Waals surface area (Å²) in [6, 6.07) is 21.5. The monoisotopic (exact) mass is 459 g/mol. The molecule has 6 heteroatoms. The van der Waals surface area contributed by atoms with Crippen LogP contribution in [0, 0.1) is 6.92 Å². The van der Waals surface area contributed by atoms with Crippen molar-refractivity contribution in [1.82, 2.24) is 4.98 Å². The van der Waals surface area contributed by atoms with Crippen LogP contribution in [0.5, 0.6) is 11.5 Å². The number of rotatable bonds is 7. The normalized spacial score (nSPS) is 10.7. The molecule has 0 bridgehead atoms. The number of hydrogen-bond acceptors (Lipinski definition) is 6. The minimum absolute atomic E-state index is 0.328. The highest BCUT2D eigenvalue weighted by Crippen LogP contribution is 2.42. The molecule has 1 heterocycles. The molecule has 0 atom stereocenters. The molecule has 0 aliphatic rings. The van der Waals surface area contributed by atoms with Gasteiger partial charge >= 0.3 is 5.97 Å². The van der Waals surface area contributed by atoms with E-state index in [1.54, 1.807) is 44.6 Å². The molecule has 0 aliphatic heterocycles. The van der Waals surface area contributed by atoms with Gasteiger partial charge in [0, 0.05) is 17.2 Å². The standard InChI is InChI=1S/C27H25NO4S/c1-5-32-27(29)20-12-10-18(11-13-20)24-25(19-8-6-17(2)7-9-19)33-26(28-24)21-14-22(30-3)16-23(15-21)31-4/h6-16H,5H2,1-4H3. The summed E-state index contributed by atoms with van der Waals surface area (Å²) >= 11 is 1.61. The summed E-state index contributed by atoms with van der Waals surface area (Å²) in [4.78, 5) is 18.1. The first kappa shape index (κ1) is 22.6. The molecular formula is C27H25NO4S. The molecule has 4 rings (SSSR count). The number of aryl methyl sites for hydroxylation is 1. The van der Waals surface area contributed by atoms with Gasteiger partial charge in [-0.2, -0.15) is 0 Å². The van der Waals surface area contributed by atoms with E-state index in [2.05, 4.69) is 31.2 Å². The van der Waals surface area contributed by atoms with Gasteiger partial charge < -0.3 is 14.2 Å². The summed E-state index contributed by atoms with van der Waals surface area (Å²) < 4.78 is 16.0. The second-order valence-electron chi connectivity index (χ2n) is 7.46. The fourth-order valence-corrected chi connectivity index (χ4v) is 4.53. The fourth-order valence-electron chi connectivity index (χ4n) is 3.45. The number of ether oxygens (including phenoxy) is 3. The predicted octanol–water partition coefficient (Wildman–Crippen LogP) is 6.65. The Labute approximate surface area is 197 Å². The Morgan fingerprint density at radius 1 is 0.848 bits per heavy atom. The van der Waals surface area contributed by atoms with Crippen molar-refractivity contribution >= 4 is 17.3 Å². The van der Waals surface area contributed by atoms with Crippen molar-refractivity contribution in [2.45, 2.75) is 13.8 Å². The lowest BCUT2D eigenvalue weighted by molar-refractivity contribution is 0.0526. The maximum Gasteiger partial charge on any atom is 0.338 e. The van der Waals surface area contributed by atoms with Crippen LogP contribution in [-0.2, 0) is 4.74 Å². The molecule has 0 saturated carbocycles. The smallest absolute Gasteiger partial charge is 0.338 e. The maximum absolute atomic E-state index is 12.1. The minimum atomic E-state index is -0.328. The van der Waals surface area contributed by atoms with Gasteiger partial charge in [0.2, 0.25) is 0 Å². The average molecular weight is 460 g/mol. The molecule has 168 valence electrons. The first-order valence-corrected chi connectivity index (χ1v) is 11.4. The molecule has 0 spiro atoms. The van der Waals surface area contributed by atoms with E-state index in [1.165, 1.54) is 5.56 Å². The summed E-state index contributed by atoms with van der Waals surface area (Å²) in [5.74, 6) is 1.08. The van der Waals surface area contributed by atoms with Crippen LogP contribution >= 0.6 is 11.3 Å². The number of esters is 1. The zero-order valence-corrected chi connectivity index (χ0v) is 19.9. The average Bonchev–Trinajstić information content (AvgIpc) is 3.30. The van der Waals surface area contributed by atoms with Gasteiger partial charge in [-0.1, -0.05) is 42.0 Å². The van der Waals surface area contributed by atoms with E-state index in [4.69, 9.17) is 19.2 Å². The number of carbonyl (C=O) groups excluding carboxylic acids is 1. The van der Waals surface area contributed by atoms with Gasteiger partial charge in [0.25, 0.3) is 0 Å². The highest BCUT2D eigenvalue weighted by Gasteiger charge is 2.18. The van der Waals surface area contributed by atoms with Crippen LogP contribution in [0.1, 0.15) is 22.8 Å². The Balaban J connectivity index is 1.83. The lowest BCUT2D eigenvalue weighted by atomic mass is 10.0. The van der Waals surface area contributed by atoms with Crippen molar-refractivity contribution in [3.63, 3.8) is 0 Å². The summed E-state index contributed by atoms with van der Waals surface area (Å²) in [5, 5.41) is 0.854. The lowest BCUT2D eigenvalue weighted by Crippen LogP contribution is -2.04. The van der Waals surface area contributed by atoms with Gasteiger partial charge in [-0.3, -0.25) is 0 Å². The van der Waals surface area contributed by atoms with Gasteiger partial charge in [0.05, 0.1) is 37.0 Å². The second kappa shape index (κ2) is 9.88. The molecule has 0 radical (unpaired) electrons. The first-order valence-electron chi connectivity index (χ1n) is 10.6. The van der Waals surface area contributed by atoms with Gasteiger partial charge in [0.15, 0.2) is 0 Å². The summed E-state index contributed by atoms with van der Waals surface area (Å²) in [6.45, 7) is 4.21. The van der Waals surface area contributed by atoms with Crippen LogP contribution in [-0.4, -0.2) is 31.8 Å². The summed E-state index contributed by atoms with van der Waals surface area (Å²) in [6.07, 6.45) is 0. The van der Waals surface area contributed by atoms with Crippen LogP contribution in [0.2, 0.25) is 0 Å². The fraction of sp³-hybridized carbons (Fsp3) is 0.185. The molecule has 1 aromatic heterocycles. The van der Waals surface area contributed by atoms with Crippen LogP contribution in [0.15, 0.2) is 66.7 Å². The van der Waals surface area contributed by atoms with E-state index >= 15 is 0 Å². The largest absolute Gasteiger partial charge is 0.497 e. The zero-order chi connectivity index (χ0) is 23.4. The van der Waals surface area contributed by atoms with Crippen molar-refractivity contribution in [2.75, 3.05) is 20.8 Å². The highest BCUT2D eigenvalue weighted by atomic mass is 32.1.